The standard InChI is InChI=1S/C12H22N2O3S/c1-12(5-2-6-13-9-12)11(15)14-10-3-7-18(16,17)8-4-10/h10,13H,2-9H2,1H3,(H,14,15)/t12-/m0/s1. The van der Waals surface area contributed by atoms with Crippen LogP contribution in [0.15, 0.2) is 0 Å². The molecule has 2 aliphatic rings. The highest BCUT2D eigenvalue weighted by molar-refractivity contribution is 7.91. The van der Waals surface area contributed by atoms with E-state index in [9.17, 15) is 13.2 Å². The molecule has 5 nitrogen and oxygen atoms in total. The summed E-state index contributed by atoms with van der Waals surface area (Å²) >= 11 is 0. The van der Waals surface area contributed by atoms with E-state index in [0.29, 0.717) is 19.4 Å². The van der Waals surface area contributed by atoms with E-state index in [1.165, 1.54) is 0 Å². The van der Waals surface area contributed by atoms with E-state index in [1.54, 1.807) is 0 Å². The second-order valence-corrected chi connectivity index (χ2v) is 8.04. The average Bonchev–Trinajstić information content (AvgIpc) is 2.33. The van der Waals surface area contributed by atoms with Crippen molar-refractivity contribution in [3.8, 4) is 0 Å². The third-order valence-corrected chi connectivity index (χ3v) is 5.75. The number of hydrogen-bond donors (Lipinski definition) is 2. The van der Waals surface area contributed by atoms with Crippen LogP contribution in [0, 0.1) is 5.41 Å². The summed E-state index contributed by atoms with van der Waals surface area (Å²) in [6, 6.07) is 0.0276. The van der Waals surface area contributed by atoms with Crippen molar-refractivity contribution in [2.75, 3.05) is 24.6 Å². The Morgan fingerprint density at radius 2 is 2.00 bits per heavy atom. The molecule has 1 atom stereocenters. The first-order valence-corrected chi connectivity index (χ1v) is 8.46. The first-order valence-electron chi connectivity index (χ1n) is 6.63. The van der Waals surface area contributed by atoms with E-state index < -0.39 is 9.84 Å². The zero-order valence-corrected chi connectivity index (χ0v) is 11.7. The van der Waals surface area contributed by atoms with Gasteiger partial charge in [-0.15, -0.1) is 0 Å². The molecule has 0 unspecified atom stereocenters. The molecule has 104 valence electrons. The Kier molecular flexibility index (Phi) is 3.96. The lowest BCUT2D eigenvalue weighted by molar-refractivity contribution is -0.131. The van der Waals surface area contributed by atoms with Gasteiger partial charge < -0.3 is 10.6 Å². The maximum atomic E-state index is 12.2. The van der Waals surface area contributed by atoms with Crippen LogP contribution in [-0.4, -0.2) is 45.0 Å². The third-order valence-electron chi connectivity index (χ3n) is 4.04. The summed E-state index contributed by atoms with van der Waals surface area (Å²) in [5, 5.41) is 6.27. The Labute approximate surface area is 109 Å². The maximum Gasteiger partial charge on any atom is 0.227 e. The van der Waals surface area contributed by atoms with Gasteiger partial charge in [-0.2, -0.15) is 0 Å². The van der Waals surface area contributed by atoms with Crippen LogP contribution in [0.2, 0.25) is 0 Å². The molecular weight excluding hydrogens is 252 g/mol. The first-order chi connectivity index (χ1) is 8.41. The van der Waals surface area contributed by atoms with Gasteiger partial charge >= 0.3 is 0 Å². The molecule has 2 rings (SSSR count). The van der Waals surface area contributed by atoms with Crippen molar-refractivity contribution >= 4 is 15.7 Å². The van der Waals surface area contributed by atoms with Crippen LogP contribution < -0.4 is 10.6 Å². The molecule has 2 N–H and O–H groups in total. The summed E-state index contributed by atoms with van der Waals surface area (Å²) in [5.74, 6) is 0.471. The lowest BCUT2D eigenvalue weighted by Gasteiger charge is -2.35. The van der Waals surface area contributed by atoms with Crippen molar-refractivity contribution in [1.82, 2.24) is 10.6 Å². The van der Waals surface area contributed by atoms with Crippen LogP contribution in [0.1, 0.15) is 32.6 Å². The van der Waals surface area contributed by atoms with E-state index in [1.807, 2.05) is 6.92 Å². The topological polar surface area (TPSA) is 75.3 Å². The van der Waals surface area contributed by atoms with Crippen molar-refractivity contribution in [2.45, 2.75) is 38.6 Å². The van der Waals surface area contributed by atoms with Gasteiger partial charge in [-0.05, 0) is 39.2 Å². The number of amides is 1. The highest BCUT2D eigenvalue weighted by Crippen LogP contribution is 2.26. The zero-order chi connectivity index (χ0) is 13.2. The number of sulfone groups is 1. The molecule has 18 heavy (non-hydrogen) atoms. The van der Waals surface area contributed by atoms with E-state index >= 15 is 0 Å². The molecule has 1 amide bonds. The number of carbonyl (C=O) groups excluding carboxylic acids is 1. The molecule has 0 spiro atoms. The summed E-state index contributed by atoms with van der Waals surface area (Å²) < 4.78 is 22.6. The second kappa shape index (κ2) is 5.17. The average molecular weight is 274 g/mol. The maximum absolute atomic E-state index is 12.2. The predicted octanol–water partition coefficient (Wildman–Crippen LogP) is 0.0695. The summed E-state index contributed by atoms with van der Waals surface area (Å²) in [6.45, 7) is 3.67. The van der Waals surface area contributed by atoms with Crippen molar-refractivity contribution in [2.24, 2.45) is 5.41 Å². The summed E-state index contributed by atoms with van der Waals surface area (Å²) in [4.78, 5) is 12.2. The van der Waals surface area contributed by atoms with Crippen LogP contribution in [0.5, 0.6) is 0 Å². The fraction of sp³-hybridized carbons (Fsp3) is 0.917. The van der Waals surface area contributed by atoms with Gasteiger partial charge in [0.1, 0.15) is 9.84 Å². The monoisotopic (exact) mass is 274 g/mol. The molecule has 0 bridgehead atoms. The minimum absolute atomic E-state index is 0.0276. The molecule has 0 aromatic heterocycles. The molecule has 0 aliphatic carbocycles. The zero-order valence-electron chi connectivity index (χ0n) is 10.9. The summed E-state index contributed by atoms with van der Waals surface area (Å²) in [6.07, 6.45) is 3.02. The number of hydrogen-bond acceptors (Lipinski definition) is 4. The van der Waals surface area contributed by atoms with Crippen LogP contribution in [0.4, 0.5) is 0 Å². The molecule has 0 saturated carbocycles. The minimum atomic E-state index is -2.86. The quantitative estimate of drug-likeness (QED) is 0.747. The molecule has 2 heterocycles. The van der Waals surface area contributed by atoms with Gasteiger partial charge in [-0.1, -0.05) is 0 Å². The Bertz CT molecular complexity index is 399. The Balaban J connectivity index is 1.88. The fourth-order valence-corrected chi connectivity index (χ4v) is 4.14. The second-order valence-electron chi connectivity index (χ2n) is 5.74. The molecule has 2 fully saturated rings. The fourth-order valence-electron chi connectivity index (χ4n) is 2.64. The Morgan fingerprint density at radius 3 is 2.56 bits per heavy atom. The van der Waals surface area contributed by atoms with Crippen LogP contribution in [0.25, 0.3) is 0 Å². The van der Waals surface area contributed by atoms with Crippen molar-refractivity contribution in [3.63, 3.8) is 0 Å². The van der Waals surface area contributed by atoms with Gasteiger partial charge in [-0.3, -0.25) is 4.79 Å². The van der Waals surface area contributed by atoms with Crippen LogP contribution in [-0.2, 0) is 14.6 Å². The number of piperidine rings is 1. The van der Waals surface area contributed by atoms with E-state index in [4.69, 9.17) is 0 Å². The van der Waals surface area contributed by atoms with E-state index in [-0.39, 0.29) is 28.9 Å². The van der Waals surface area contributed by atoms with Crippen molar-refractivity contribution < 1.29 is 13.2 Å². The lowest BCUT2D eigenvalue weighted by atomic mass is 9.81. The minimum Gasteiger partial charge on any atom is -0.353 e. The molecule has 6 heteroatoms. The first kappa shape index (κ1) is 13.8. The van der Waals surface area contributed by atoms with Gasteiger partial charge in [0.15, 0.2) is 0 Å². The number of carbonyl (C=O) groups is 1. The summed E-state index contributed by atoms with van der Waals surface area (Å²) in [7, 11) is -2.86. The molecule has 0 radical (unpaired) electrons. The Morgan fingerprint density at radius 1 is 1.33 bits per heavy atom. The molecule has 0 aromatic carbocycles. The van der Waals surface area contributed by atoms with Gasteiger partial charge in [0.2, 0.25) is 5.91 Å². The van der Waals surface area contributed by atoms with Gasteiger partial charge in [0.05, 0.1) is 16.9 Å². The highest BCUT2D eigenvalue weighted by Gasteiger charge is 2.36. The van der Waals surface area contributed by atoms with Gasteiger partial charge in [-0.25, -0.2) is 8.42 Å². The predicted molar refractivity (Wildman–Crippen MR) is 70.0 cm³/mol. The van der Waals surface area contributed by atoms with Gasteiger partial charge in [0, 0.05) is 12.6 Å². The largest absolute Gasteiger partial charge is 0.353 e. The van der Waals surface area contributed by atoms with E-state index in [0.717, 1.165) is 19.4 Å². The summed E-state index contributed by atoms with van der Waals surface area (Å²) in [5.41, 5.74) is -0.339. The van der Waals surface area contributed by atoms with Gasteiger partial charge in [0.25, 0.3) is 0 Å². The SMILES string of the molecule is C[C@]1(C(=O)NC2CCS(=O)(=O)CC2)CCCNC1. The smallest absolute Gasteiger partial charge is 0.227 e. The normalized spacial score (nSPS) is 32.9. The Hall–Kier alpha value is -0.620. The molecule has 0 aromatic rings. The van der Waals surface area contributed by atoms with Crippen molar-refractivity contribution in [1.29, 1.82) is 0 Å². The van der Waals surface area contributed by atoms with E-state index in [2.05, 4.69) is 10.6 Å². The lowest BCUT2D eigenvalue weighted by Crippen LogP contribution is -2.52. The number of nitrogens with one attached hydrogen (secondary N) is 2. The number of rotatable bonds is 2. The molecule has 2 aliphatic heterocycles. The van der Waals surface area contributed by atoms with Crippen molar-refractivity contribution in [3.05, 3.63) is 0 Å². The van der Waals surface area contributed by atoms with Crippen LogP contribution >= 0.6 is 0 Å². The third kappa shape index (κ3) is 3.23. The molecular formula is C12H22N2O3S. The van der Waals surface area contributed by atoms with Crippen LogP contribution in [0.3, 0.4) is 0 Å². The molecule has 2 saturated heterocycles. The highest BCUT2D eigenvalue weighted by atomic mass is 32.2.